The first-order valence-corrected chi connectivity index (χ1v) is 9.35. The predicted octanol–water partition coefficient (Wildman–Crippen LogP) is 3.84. The van der Waals surface area contributed by atoms with Gasteiger partial charge in [-0.25, -0.2) is 0 Å². The van der Waals surface area contributed by atoms with Crippen LogP contribution in [0.15, 0.2) is 24.8 Å². The number of rotatable bonds is 6. The van der Waals surface area contributed by atoms with Gasteiger partial charge in [0.1, 0.15) is 0 Å². The van der Waals surface area contributed by atoms with Crippen molar-refractivity contribution in [1.29, 1.82) is 0 Å². The van der Waals surface area contributed by atoms with Crippen LogP contribution in [-0.4, -0.2) is 19.3 Å². The summed E-state index contributed by atoms with van der Waals surface area (Å²) in [6.45, 7) is 14.8. The third-order valence-corrected chi connectivity index (χ3v) is 4.03. The SMILES string of the molecule is C=CC(O)C(C)(C)C/C=C/C[Si](C)(C)C. The summed E-state index contributed by atoms with van der Waals surface area (Å²) in [6.07, 6.45) is 6.57. The van der Waals surface area contributed by atoms with E-state index in [1.54, 1.807) is 6.08 Å². The second-order valence-electron chi connectivity index (χ2n) is 6.11. The quantitative estimate of drug-likeness (QED) is 0.539. The molecular weight excluding hydrogens is 200 g/mol. The first kappa shape index (κ1) is 14.7. The highest BCUT2D eigenvalue weighted by molar-refractivity contribution is 6.76. The average molecular weight is 226 g/mol. The van der Waals surface area contributed by atoms with Crippen molar-refractivity contribution in [2.45, 2.75) is 52.1 Å². The molecule has 0 amide bonds. The Labute approximate surface area is 95.9 Å². The Balaban J connectivity index is 4.09. The third-order valence-electron chi connectivity index (χ3n) is 2.56. The van der Waals surface area contributed by atoms with Gasteiger partial charge in [0.25, 0.3) is 0 Å². The Morgan fingerprint density at radius 3 is 2.20 bits per heavy atom. The van der Waals surface area contributed by atoms with Gasteiger partial charge < -0.3 is 5.11 Å². The maximum absolute atomic E-state index is 9.70. The van der Waals surface area contributed by atoms with E-state index in [4.69, 9.17) is 0 Å². The molecule has 2 heteroatoms. The van der Waals surface area contributed by atoms with E-state index in [0.717, 1.165) is 6.42 Å². The fourth-order valence-corrected chi connectivity index (χ4v) is 2.14. The fourth-order valence-electron chi connectivity index (χ4n) is 1.26. The summed E-state index contributed by atoms with van der Waals surface area (Å²) in [6, 6.07) is 1.22. The first-order chi connectivity index (χ1) is 6.69. The number of aliphatic hydroxyl groups excluding tert-OH is 1. The lowest BCUT2D eigenvalue weighted by Gasteiger charge is -2.27. The zero-order valence-electron chi connectivity index (χ0n) is 10.9. The van der Waals surface area contributed by atoms with Gasteiger partial charge in [-0.3, -0.25) is 0 Å². The van der Waals surface area contributed by atoms with Gasteiger partial charge in [0.05, 0.1) is 6.10 Å². The molecule has 0 aliphatic rings. The van der Waals surface area contributed by atoms with E-state index in [-0.39, 0.29) is 5.41 Å². The normalized spacial score (nSPS) is 15.6. The van der Waals surface area contributed by atoms with Crippen LogP contribution in [0.1, 0.15) is 20.3 Å². The van der Waals surface area contributed by atoms with Crippen molar-refractivity contribution in [3.63, 3.8) is 0 Å². The molecule has 0 fully saturated rings. The van der Waals surface area contributed by atoms with E-state index >= 15 is 0 Å². The average Bonchev–Trinajstić information content (AvgIpc) is 2.09. The summed E-state index contributed by atoms with van der Waals surface area (Å²) >= 11 is 0. The Kier molecular flexibility index (Phi) is 5.53. The molecule has 0 spiro atoms. The molecule has 0 heterocycles. The molecule has 1 N–H and O–H groups in total. The minimum atomic E-state index is -0.959. The lowest BCUT2D eigenvalue weighted by Crippen LogP contribution is -2.26. The van der Waals surface area contributed by atoms with Crippen LogP contribution in [-0.2, 0) is 0 Å². The zero-order chi connectivity index (χ0) is 12.1. The zero-order valence-corrected chi connectivity index (χ0v) is 11.9. The topological polar surface area (TPSA) is 20.2 Å². The van der Waals surface area contributed by atoms with E-state index in [0.29, 0.717) is 0 Å². The summed E-state index contributed by atoms with van der Waals surface area (Å²) in [4.78, 5) is 0. The van der Waals surface area contributed by atoms with Gasteiger partial charge in [0, 0.05) is 8.07 Å². The van der Waals surface area contributed by atoms with E-state index in [1.807, 2.05) is 0 Å². The lowest BCUT2D eigenvalue weighted by molar-refractivity contribution is 0.0933. The predicted molar refractivity (Wildman–Crippen MR) is 71.9 cm³/mol. The van der Waals surface area contributed by atoms with Gasteiger partial charge in [-0.1, -0.05) is 51.7 Å². The van der Waals surface area contributed by atoms with Crippen LogP contribution >= 0.6 is 0 Å². The van der Waals surface area contributed by atoms with Gasteiger partial charge in [-0.05, 0) is 17.9 Å². The maximum atomic E-state index is 9.70. The molecule has 0 aromatic carbocycles. The van der Waals surface area contributed by atoms with Crippen LogP contribution in [0.5, 0.6) is 0 Å². The third kappa shape index (κ3) is 6.69. The molecule has 88 valence electrons. The van der Waals surface area contributed by atoms with Gasteiger partial charge in [-0.15, -0.1) is 6.58 Å². The van der Waals surface area contributed by atoms with Crippen molar-refractivity contribution in [3.8, 4) is 0 Å². The molecule has 0 saturated carbocycles. The fraction of sp³-hybridized carbons (Fsp3) is 0.692. The standard InChI is InChI=1S/C13H26OSi/c1-7-12(14)13(2,3)10-8-9-11-15(4,5)6/h7-9,12,14H,1,10-11H2,2-6H3/b9-8+. The minimum Gasteiger partial charge on any atom is -0.388 e. The molecule has 0 aliphatic carbocycles. The van der Waals surface area contributed by atoms with Crippen molar-refractivity contribution in [2.75, 3.05) is 0 Å². The van der Waals surface area contributed by atoms with E-state index in [1.165, 1.54) is 6.04 Å². The molecule has 0 aromatic rings. The number of allylic oxidation sites excluding steroid dienone is 2. The van der Waals surface area contributed by atoms with E-state index < -0.39 is 14.2 Å². The molecule has 0 rings (SSSR count). The second kappa shape index (κ2) is 5.66. The smallest absolute Gasteiger partial charge is 0.0772 e. The van der Waals surface area contributed by atoms with Crippen molar-refractivity contribution in [1.82, 2.24) is 0 Å². The van der Waals surface area contributed by atoms with Crippen LogP contribution < -0.4 is 0 Å². The van der Waals surface area contributed by atoms with E-state index in [9.17, 15) is 5.11 Å². The molecule has 0 radical (unpaired) electrons. The Bertz CT molecular complexity index is 223. The Morgan fingerprint density at radius 1 is 1.27 bits per heavy atom. The van der Waals surface area contributed by atoms with Gasteiger partial charge in [0.2, 0.25) is 0 Å². The molecule has 0 saturated heterocycles. The summed E-state index contributed by atoms with van der Waals surface area (Å²) in [5, 5.41) is 9.70. The first-order valence-electron chi connectivity index (χ1n) is 5.65. The summed E-state index contributed by atoms with van der Waals surface area (Å²) in [7, 11) is -0.959. The summed E-state index contributed by atoms with van der Waals surface area (Å²) in [5.74, 6) is 0. The van der Waals surface area contributed by atoms with Crippen LogP contribution in [0.25, 0.3) is 0 Å². The maximum Gasteiger partial charge on any atom is 0.0772 e. The molecule has 1 atom stereocenters. The van der Waals surface area contributed by atoms with Crippen molar-refractivity contribution < 1.29 is 5.11 Å². The minimum absolute atomic E-state index is 0.0995. The Morgan fingerprint density at radius 2 is 1.80 bits per heavy atom. The highest BCUT2D eigenvalue weighted by Gasteiger charge is 2.23. The second-order valence-corrected chi connectivity index (χ2v) is 11.6. The Hall–Kier alpha value is -0.343. The molecule has 0 aromatic heterocycles. The van der Waals surface area contributed by atoms with Gasteiger partial charge in [0.15, 0.2) is 0 Å². The van der Waals surface area contributed by atoms with Crippen LogP contribution in [0.3, 0.4) is 0 Å². The van der Waals surface area contributed by atoms with Gasteiger partial charge in [-0.2, -0.15) is 0 Å². The largest absolute Gasteiger partial charge is 0.388 e. The van der Waals surface area contributed by atoms with Gasteiger partial charge >= 0.3 is 0 Å². The molecule has 0 aliphatic heterocycles. The summed E-state index contributed by atoms with van der Waals surface area (Å²) < 4.78 is 0. The van der Waals surface area contributed by atoms with Crippen LogP contribution in [0.2, 0.25) is 25.7 Å². The molecular formula is C13H26OSi. The number of aliphatic hydroxyl groups is 1. The number of hydrogen-bond donors (Lipinski definition) is 1. The molecule has 0 bridgehead atoms. The van der Waals surface area contributed by atoms with E-state index in [2.05, 4.69) is 52.2 Å². The molecule has 15 heavy (non-hydrogen) atoms. The van der Waals surface area contributed by atoms with Crippen LogP contribution in [0, 0.1) is 5.41 Å². The highest BCUT2D eigenvalue weighted by Crippen LogP contribution is 2.26. The monoisotopic (exact) mass is 226 g/mol. The van der Waals surface area contributed by atoms with Crippen molar-refractivity contribution in [2.24, 2.45) is 5.41 Å². The molecule has 1 unspecified atom stereocenters. The van der Waals surface area contributed by atoms with Crippen molar-refractivity contribution in [3.05, 3.63) is 24.8 Å². The number of hydrogen-bond acceptors (Lipinski definition) is 1. The summed E-state index contributed by atoms with van der Waals surface area (Å²) in [5.41, 5.74) is -0.0995. The van der Waals surface area contributed by atoms with Crippen molar-refractivity contribution >= 4 is 8.07 Å². The van der Waals surface area contributed by atoms with Crippen LogP contribution in [0.4, 0.5) is 0 Å². The highest BCUT2D eigenvalue weighted by atomic mass is 28.3. The lowest BCUT2D eigenvalue weighted by atomic mass is 9.83. The molecule has 1 nitrogen and oxygen atoms in total.